The molecule has 1 aromatic carbocycles. The van der Waals surface area contributed by atoms with Crippen LogP contribution in [0.15, 0.2) is 16.6 Å². The first-order valence-electron chi connectivity index (χ1n) is 5.57. The van der Waals surface area contributed by atoms with Gasteiger partial charge in [0.2, 0.25) is 0 Å². The van der Waals surface area contributed by atoms with Crippen LogP contribution in [0.5, 0.6) is 5.75 Å². The fourth-order valence-corrected chi connectivity index (χ4v) is 1.62. The Labute approximate surface area is 111 Å². The standard InChI is InChI=1S/C12H13BrF4O/c1-2-3-4-5-12(16,17)18-8-6-9(14)11(13)10(15)7-8/h6-7H,2-5H2,1H3. The molecular weight excluding hydrogens is 316 g/mol. The third kappa shape index (κ3) is 4.48. The average Bonchev–Trinajstić information content (AvgIpc) is 2.25. The summed E-state index contributed by atoms with van der Waals surface area (Å²) < 4.78 is 56.8. The fourth-order valence-electron chi connectivity index (χ4n) is 1.40. The maximum absolute atomic E-state index is 13.3. The Hall–Kier alpha value is -0.780. The summed E-state index contributed by atoms with van der Waals surface area (Å²) in [7, 11) is 0. The molecule has 0 aliphatic heterocycles. The van der Waals surface area contributed by atoms with Crippen LogP contribution in [0.4, 0.5) is 17.6 Å². The van der Waals surface area contributed by atoms with Crippen LogP contribution in [0, 0.1) is 11.6 Å². The maximum atomic E-state index is 13.3. The van der Waals surface area contributed by atoms with Gasteiger partial charge in [-0.1, -0.05) is 19.8 Å². The molecule has 0 aliphatic rings. The number of alkyl halides is 2. The lowest BCUT2D eigenvalue weighted by Crippen LogP contribution is -2.24. The molecule has 18 heavy (non-hydrogen) atoms. The van der Waals surface area contributed by atoms with Crippen molar-refractivity contribution in [3.05, 3.63) is 28.2 Å². The molecular formula is C12H13BrF4O. The number of rotatable bonds is 6. The van der Waals surface area contributed by atoms with E-state index in [0.717, 1.165) is 18.6 Å². The Morgan fingerprint density at radius 1 is 1.17 bits per heavy atom. The number of ether oxygens (including phenoxy) is 1. The van der Waals surface area contributed by atoms with Crippen molar-refractivity contribution < 1.29 is 22.3 Å². The van der Waals surface area contributed by atoms with Gasteiger partial charge < -0.3 is 4.74 Å². The van der Waals surface area contributed by atoms with Gasteiger partial charge in [0.15, 0.2) is 0 Å². The molecule has 6 heteroatoms. The van der Waals surface area contributed by atoms with Gasteiger partial charge in [0.25, 0.3) is 0 Å². The molecule has 0 saturated heterocycles. The van der Waals surface area contributed by atoms with Crippen molar-refractivity contribution >= 4 is 15.9 Å². The minimum absolute atomic E-state index is 0.297. The molecule has 0 radical (unpaired) electrons. The molecule has 1 aromatic rings. The third-order valence-electron chi connectivity index (χ3n) is 2.30. The van der Waals surface area contributed by atoms with Gasteiger partial charge in [0, 0.05) is 12.1 Å². The Balaban J connectivity index is 2.71. The Bertz CT molecular complexity index is 386. The molecule has 0 amide bonds. The van der Waals surface area contributed by atoms with E-state index >= 15 is 0 Å². The highest BCUT2D eigenvalue weighted by atomic mass is 79.9. The smallest absolute Gasteiger partial charge is 0.397 e. The van der Waals surface area contributed by atoms with Crippen LogP contribution in [0.2, 0.25) is 0 Å². The van der Waals surface area contributed by atoms with E-state index in [1.165, 1.54) is 0 Å². The van der Waals surface area contributed by atoms with Gasteiger partial charge in [-0.15, -0.1) is 0 Å². The summed E-state index contributed by atoms with van der Waals surface area (Å²) in [5.74, 6) is -2.47. The first-order valence-corrected chi connectivity index (χ1v) is 6.36. The summed E-state index contributed by atoms with van der Waals surface area (Å²) in [4.78, 5) is 0. The Kier molecular flexibility index (Phi) is 5.44. The summed E-state index contributed by atoms with van der Waals surface area (Å²) in [6, 6.07) is 1.45. The van der Waals surface area contributed by atoms with Crippen molar-refractivity contribution in [3.63, 3.8) is 0 Å². The molecule has 0 unspecified atom stereocenters. The van der Waals surface area contributed by atoms with Crippen molar-refractivity contribution in [3.8, 4) is 5.75 Å². The minimum atomic E-state index is -3.41. The predicted molar refractivity (Wildman–Crippen MR) is 63.8 cm³/mol. The molecule has 0 saturated carbocycles. The number of hydrogen-bond acceptors (Lipinski definition) is 1. The van der Waals surface area contributed by atoms with Crippen molar-refractivity contribution in [1.29, 1.82) is 0 Å². The molecule has 0 aromatic heterocycles. The normalized spacial score (nSPS) is 11.7. The van der Waals surface area contributed by atoms with Crippen LogP contribution in [-0.4, -0.2) is 6.11 Å². The molecule has 1 nitrogen and oxygen atoms in total. The second-order valence-electron chi connectivity index (χ2n) is 3.90. The number of hydrogen-bond donors (Lipinski definition) is 0. The summed E-state index contributed by atoms with van der Waals surface area (Å²) in [6.07, 6.45) is -2.13. The van der Waals surface area contributed by atoms with Gasteiger partial charge in [0.05, 0.1) is 10.9 Å². The van der Waals surface area contributed by atoms with Crippen LogP contribution in [0.25, 0.3) is 0 Å². The lowest BCUT2D eigenvalue weighted by Gasteiger charge is -2.18. The highest BCUT2D eigenvalue weighted by Crippen LogP contribution is 2.30. The zero-order chi connectivity index (χ0) is 13.8. The Morgan fingerprint density at radius 3 is 2.22 bits per heavy atom. The van der Waals surface area contributed by atoms with Crippen molar-refractivity contribution in [1.82, 2.24) is 0 Å². The molecule has 0 fully saturated rings. The Morgan fingerprint density at radius 2 is 1.72 bits per heavy atom. The van der Waals surface area contributed by atoms with Gasteiger partial charge in [-0.2, -0.15) is 8.78 Å². The number of halogens is 5. The highest BCUT2D eigenvalue weighted by molar-refractivity contribution is 9.10. The first-order chi connectivity index (χ1) is 8.35. The fraction of sp³-hybridized carbons (Fsp3) is 0.500. The second-order valence-corrected chi connectivity index (χ2v) is 4.69. The van der Waals surface area contributed by atoms with Crippen LogP contribution < -0.4 is 4.74 Å². The lowest BCUT2D eigenvalue weighted by molar-refractivity contribution is -0.181. The quantitative estimate of drug-likeness (QED) is 0.392. The molecule has 0 aliphatic carbocycles. The van der Waals surface area contributed by atoms with E-state index in [2.05, 4.69) is 20.7 Å². The van der Waals surface area contributed by atoms with E-state index in [1.54, 1.807) is 0 Å². The van der Waals surface area contributed by atoms with Crippen LogP contribution in [0.1, 0.15) is 32.6 Å². The zero-order valence-electron chi connectivity index (χ0n) is 9.78. The number of unbranched alkanes of at least 4 members (excludes halogenated alkanes) is 2. The second kappa shape index (κ2) is 6.41. The molecule has 0 atom stereocenters. The minimum Gasteiger partial charge on any atom is -0.432 e. The molecule has 102 valence electrons. The molecule has 1 rings (SSSR count). The van der Waals surface area contributed by atoms with Crippen LogP contribution in [-0.2, 0) is 0 Å². The third-order valence-corrected chi connectivity index (χ3v) is 3.05. The highest BCUT2D eigenvalue weighted by Gasteiger charge is 2.31. The first kappa shape index (κ1) is 15.3. The van der Waals surface area contributed by atoms with Gasteiger partial charge >= 0.3 is 6.11 Å². The van der Waals surface area contributed by atoms with Gasteiger partial charge in [-0.3, -0.25) is 0 Å². The lowest BCUT2D eigenvalue weighted by atomic mass is 10.2. The summed E-state index contributed by atoms with van der Waals surface area (Å²) in [5, 5.41) is 0. The van der Waals surface area contributed by atoms with Gasteiger partial charge in [-0.05, 0) is 22.4 Å². The van der Waals surface area contributed by atoms with E-state index in [4.69, 9.17) is 0 Å². The van der Waals surface area contributed by atoms with E-state index < -0.39 is 34.4 Å². The largest absolute Gasteiger partial charge is 0.432 e. The average molecular weight is 329 g/mol. The zero-order valence-corrected chi connectivity index (χ0v) is 11.4. The van der Waals surface area contributed by atoms with E-state index in [-0.39, 0.29) is 0 Å². The topological polar surface area (TPSA) is 9.23 Å². The van der Waals surface area contributed by atoms with Gasteiger partial charge in [-0.25, -0.2) is 8.78 Å². The van der Waals surface area contributed by atoms with Gasteiger partial charge in [0.1, 0.15) is 17.4 Å². The van der Waals surface area contributed by atoms with E-state index in [9.17, 15) is 17.6 Å². The molecule has 0 N–H and O–H groups in total. The monoisotopic (exact) mass is 328 g/mol. The maximum Gasteiger partial charge on any atom is 0.397 e. The molecule has 0 bridgehead atoms. The van der Waals surface area contributed by atoms with E-state index in [0.29, 0.717) is 12.8 Å². The van der Waals surface area contributed by atoms with Crippen LogP contribution in [0.3, 0.4) is 0 Å². The van der Waals surface area contributed by atoms with Crippen LogP contribution >= 0.6 is 15.9 Å². The van der Waals surface area contributed by atoms with Crippen molar-refractivity contribution in [2.45, 2.75) is 38.7 Å². The summed E-state index contributed by atoms with van der Waals surface area (Å²) >= 11 is 2.65. The SMILES string of the molecule is CCCCCC(F)(F)Oc1cc(F)c(Br)c(F)c1. The summed E-state index contributed by atoms with van der Waals surface area (Å²) in [6.45, 7) is 1.89. The van der Waals surface area contributed by atoms with Crippen molar-refractivity contribution in [2.24, 2.45) is 0 Å². The summed E-state index contributed by atoms with van der Waals surface area (Å²) in [5.41, 5.74) is 0. The predicted octanol–water partition coefficient (Wildman–Crippen LogP) is 5.28. The molecule has 0 spiro atoms. The van der Waals surface area contributed by atoms with Crippen molar-refractivity contribution in [2.75, 3.05) is 0 Å². The van der Waals surface area contributed by atoms with E-state index in [1.807, 2.05) is 6.92 Å². The number of benzene rings is 1. The molecule has 0 heterocycles.